The molecule has 0 aromatic heterocycles. The van der Waals surface area contributed by atoms with Crippen molar-refractivity contribution in [3.63, 3.8) is 0 Å². The Hall–Kier alpha value is -1.000. The van der Waals surface area contributed by atoms with Crippen LogP contribution in [0.4, 0.5) is 8.78 Å². The molecule has 6 heteroatoms. The van der Waals surface area contributed by atoms with E-state index in [0.717, 1.165) is 38.5 Å². The molecule has 0 heterocycles. The van der Waals surface area contributed by atoms with Gasteiger partial charge < -0.3 is 0 Å². The number of carbonyl (C=O) groups excluding carboxylic acids is 2. The minimum absolute atomic E-state index is 0.0502. The molecule has 0 spiro atoms. The molecule has 142 valence electrons. The van der Waals surface area contributed by atoms with Crippen LogP contribution < -0.4 is 0 Å². The summed E-state index contributed by atoms with van der Waals surface area (Å²) in [5.41, 5.74) is -0.881. The van der Waals surface area contributed by atoms with Crippen molar-refractivity contribution in [1.29, 1.82) is 0 Å². The summed E-state index contributed by atoms with van der Waals surface area (Å²) in [4.78, 5) is 24.1. The molecule has 2 nitrogen and oxygen atoms in total. The Labute approximate surface area is 162 Å². The Bertz CT molecular complexity index is 660. The summed E-state index contributed by atoms with van der Waals surface area (Å²) < 4.78 is 30.9. The van der Waals surface area contributed by atoms with Crippen molar-refractivity contribution in [2.45, 2.75) is 76.0 Å². The molecule has 0 unspecified atom stereocenters. The Morgan fingerprint density at radius 2 is 0.962 bits per heavy atom. The molecular weight excluding hydrogens is 381 g/mol. The highest BCUT2D eigenvalue weighted by Crippen LogP contribution is 2.44. The lowest BCUT2D eigenvalue weighted by Gasteiger charge is -2.29. The summed E-state index contributed by atoms with van der Waals surface area (Å²) in [6.07, 6.45) is 8.11. The van der Waals surface area contributed by atoms with E-state index in [-0.39, 0.29) is 23.0 Å². The summed E-state index contributed by atoms with van der Waals surface area (Å²) in [7, 11) is 0. The van der Waals surface area contributed by atoms with Crippen LogP contribution in [0.3, 0.4) is 0 Å². The topological polar surface area (TPSA) is 34.1 Å². The van der Waals surface area contributed by atoms with Gasteiger partial charge in [-0.25, -0.2) is 8.78 Å². The molecule has 3 rings (SSSR count). The van der Waals surface area contributed by atoms with Gasteiger partial charge in [-0.05, 0) is 60.7 Å². The van der Waals surface area contributed by atoms with E-state index in [2.05, 4.69) is 0 Å². The lowest BCUT2D eigenvalue weighted by molar-refractivity contribution is 0.106. The van der Waals surface area contributed by atoms with Crippen molar-refractivity contribution in [1.82, 2.24) is 0 Å². The minimum Gasteiger partial charge on any atom is -0.275 e. The fraction of sp³-hybridized carbons (Fsp3) is 0.600. The smallest absolute Gasteiger partial charge is 0.255 e. The molecule has 0 N–H and O–H groups in total. The van der Waals surface area contributed by atoms with Gasteiger partial charge in [-0.2, -0.15) is 0 Å². The van der Waals surface area contributed by atoms with Crippen molar-refractivity contribution in [2.75, 3.05) is 0 Å². The number of halogens is 4. The van der Waals surface area contributed by atoms with Crippen LogP contribution in [-0.4, -0.2) is 10.5 Å². The maximum atomic E-state index is 15.4. The van der Waals surface area contributed by atoms with E-state index < -0.39 is 33.2 Å². The Kier molecular flexibility index (Phi) is 6.34. The highest BCUT2D eigenvalue weighted by atomic mass is 35.5. The zero-order chi connectivity index (χ0) is 18.8. The summed E-state index contributed by atoms with van der Waals surface area (Å²) in [5.74, 6) is -2.32. The molecular formula is C20H22Cl2F2O2. The van der Waals surface area contributed by atoms with Gasteiger partial charge in [0.05, 0.1) is 11.1 Å². The fourth-order valence-electron chi connectivity index (χ4n) is 4.66. The average Bonchev–Trinajstić information content (AvgIpc) is 2.63. The van der Waals surface area contributed by atoms with E-state index in [0.29, 0.717) is 25.7 Å². The van der Waals surface area contributed by atoms with Gasteiger partial charge >= 0.3 is 0 Å². The third-order valence-corrected chi connectivity index (χ3v) is 6.25. The van der Waals surface area contributed by atoms with E-state index in [1.165, 1.54) is 0 Å². The minimum atomic E-state index is -1.01. The number of rotatable bonds is 4. The number of carbonyl (C=O) groups is 2. The van der Waals surface area contributed by atoms with Crippen molar-refractivity contribution < 1.29 is 18.4 Å². The lowest BCUT2D eigenvalue weighted by Crippen LogP contribution is -2.21. The zero-order valence-corrected chi connectivity index (χ0v) is 16.1. The molecule has 0 atom stereocenters. The largest absolute Gasteiger partial charge is 0.275 e. The molecule has 1 aromatic carbocycles. The van der Waals surface area contributed by atoms with Crippen LogP contribution in [0.5, 0.6) is 0 Å². The Balaban J connectivity index is 2.25. The second-order valence-electron chi connectivity index (χ2n) is 7.42. The molecule has 0 saturated heterocycles. The van der Waals surface area contributed by atoms with Crippen LogP contribution in [0.25, 0.3) is 0 Å². The standard InChI is InChI=1S/C20H22Cl2F2O2/c21-19(25)15-13(11-7-3-1-4-8-11)17(23)16(20(22)26)14(18(15)24)12-9-5-2-6-10-12/h11-12H,1-10H2. The number of benzene rings is 1. The van der Waals surface area contributed by atoms with Gasteiger partial charge in [0.25, 0.3) is 10.5 Å². The third kappa shape index (κ3) is 3.68. The van der Waals surface area contributed by atoms with Crippen LogP contribution in [0.1, 0.15) is 108 Å². The van der Waals surface area contributed by atoms with E-state index in [4.69, 9.17) is 23.2 Å². The van der Waals surface area contributed by atoms with Gasteiger partial charge in [-0.3, -0.25) is 9.59 Å². The van der Waals surface area contributed by atoms with Gasteiger partial charge in [0.15, 0.2) is 0 Å². The maximum absolute atomic E-state index is 15.4. The average molecular weight is 403 g/mol. The second-order valence-corrected chi connectivity index (χ2v) is 8.11. The molecule has 2 saturated carbocycles. The molecule has 0 bridgehead atoms. The Morgan fingerprint density at radius 3 is 1.23 bits per heavy atom. The highest BCUT2D eigenvalue weighted by Gasteiger charge is 2.36. The zero-order valence-electron chi connectivity index (χ0n) is 14.6. The number of hydrogen-bond donors (Lipinski definition) is 0. The van der Waals surface area contributed by atoms with E-state index in [1.807, 2.05) is 0 Å². The quantitative estimate of drug-likeness (QED) is 0.517. The third-order valence-electron chi connectivity index (χ3n) is 5.87. The van der Waals surface area contributed by atoms with E-state index in [1.54, 1.807) is 0 Å². The van der Waals surface area contributed by atoms with Crippen LogP contribution in [-0.2, 0) is 0 Å². The fourth-order valence-corrected chi connectivity index (χ4v) is 5.03. The van der Waals surface area contributed by atoms with Crippen LogP contribution >= 0.6 is 23.2 Å². The van der Waals surface area contributed by atoms with Crippen molar-refractivity contribution in [2.24, 2.45) is 0 Å². The predicted molar refractivity (Wildman–Crippen MR) is 98.4 cm³/mol. The van der Waals surface area contributed by atoms with E-state index >= 15 is 8.78 Å². The summed E-state index contributed by atoms with van der Waals surface area (Å²) in [5, 5.41) is -2.01. The first kappa shape index (κ1) is 19.8. The van der Waals surface area contributed by atoms with Crippen LogP contribution in [0, 0.1) is 11.6 Å². The van der Waals surface area contributed by atoms with Gasteiger partial charge in [-0.1, -0.05) is 38.5 Å². The van der Waals surface area contributed by atoms with Crippen molar-refractivity contribution in [3.05, 3.63) is 33.9 Å². The van der Waals surface area contributed by atoms with Gasteiger partial charge in [0, 0.05) is 11.1 Å². The van der Waals surface area contributed by atoms with Crippen molar-refractivity contribution in [3.8, 4) is 0 Å². The van der Waals surface area contributed by atoms with E-state index in [9.17, 15) is 9.59 Å². The molecule has 1 aromatic rings. The molecule has 2 aliphatic rings. The summed E-state index contributed by atoms with van der Waals surface area (Å²) in [6, 6.07) is 0. The SMILES string of the molecule is O=C(Cl)c1c(F)c(C2CCCCC2)c(C(=O)Cl)c(F)c1C1CCCCC1. The number of hydrogen-bond acceptors (Lipinski definition) is 2. The lowest BCUT2D eigenvalue weighted by atomic mass is 9.76. The van der Waals surface area contributed by atoms with Crippen LogP contribution in [0.2, 0.25) is 0 Å². The molecule has 26 heavy (non-hydrogen) atoms. The normalized spacial score (nSPS) is 19.5. The first-order valence-corrected chi connectivity index (χ1v) is 10.1. The van der Waals surface area contributed by atoms with Crippen LogP contribution in [0.15, 0.2) is 0 Å². The predicted octanol–water partition coefficient (Wildman–Crippen LogP) is 6.82. The van der Waals surface area contributed by atoms with Gasteiger partial charge in [0.1, 0.15) is 11.6 Å². The molecule has 0 aliphatic heterocycles. The monoisotopic (exact) mass is 402 g/mol. The Morgan fingerprint density at radius 1 is 0.654 bits per heavy atom. The van der Waals surface area contributed by atoms with Crippen molar-refractivity contribution >= 4 is 33.7 Å². The molecule has 2 fully saturated rings. The molecule has 0 amide bonds. The van der Waals surface area contributed by atoms with Gasteiger partial charge in [0.2, 0.25) is 0 Å². The summed E-state index contributed by atoms with van der Waals surface area (Å²) >= 11 is 11.4. The first-order chi connectivity index (χ1) is 12.4. The first-order valence-electron chi connectivity index (χ1n) is 9.37. The maximum Gasteiger partial charge on any atom is 0.255 e. The molecule has 2 aliphatic carbocycles. The molecule has 0 radical (unpaired) electrons. The summed E-state index contributed by atoms with van der Waals surface area (Å²) in [6.45, 7) is 0. The van der Waals surface area contributed by atoms with Gasteiger partial charge in [-0.15, -0.1) is 0 Å². The highest BCUT2D eigenvalue weighted by molar-refractivity contribution is 6.69. The second kappa shape index (κ2) is 8.35.